The number of nitrogens with zero attached hydrogens (tertiary/aromatic N) is 3. The zero-order chi connectivity index (χ0) is 18.7. The third kappa shape index (κ3) is 2.75. The quantitative estimate of drug-likeness (QED) is 0.622. The monoisotopic (exact) mass is 351 g/mol. The molecular weight excluding hydrogens is 334 g/mol. The van der Waals surface area contributed by atoms with Crippen molar-refractivity contribution < 1.29 is 14.5 Å². The van der Waals surface area contributed by atoms with Crippen molar-refractivity contribution in [1.29, 1.82) is 5.26 Å². The van der Waals surface area contributed by atoms with Crippen molar-refractivity contribution in [2.75, 3.05) is 13.7 Å². The van der Waals surface area contributed by atoms with Crippen LogP contribution >= 0.6 is 0 Å². The van der Waals surface area contributed by atoms with Crippen LogP contribution in [0, 0.1) is 21.4 Å². The maximum Gasteiger partial charge on any atom is 0.311 e. The number of benzene rings is 2. The van der Waals surface area contributed by atoms with Crippen LogP contribution in [0.2, 0.25) is 0 Å². The Morgan fingerprint density at radius 1 is 1.31 bits per heavy atom. The summed E-state index contributed by atoms with van der Waals surface area (Å²) in [6, 6.07) is 15.5. The molecule has 3 rings (SSSR count). The smallest absolute Gasteiger partial charge is 0.311 e. The van der Waals surface area contributed by atoms with Crippen molar-refractivity contribution in [2.24, 2.45) is 0 Å². The molecule has 2 aromatic carbocycles. The number of carbonyl (C=O) groups is 1. The second kappa shape index (κ2) is 6.84. The topological polar surface area (TPSA) is 96.5 Å². The number of ether oxygens (including phenoxy) is 1. The number of methoxy groups -OCH3 is 1. The van der Waals surface area contributed by atoms with Crippen LogP contribution in [0.4, 0.5) is 5.69 Å². The Kier molecular flexibility index (Phi) is 4.59. The van der Waals surface area contributed by atoms with E-state index in [1.54, 1.807) is 0 Å². The Bertz CT molecular complexity index is 891. The molecular formula is C19H17N3O4. The second-order valence-electron chi connectivity index (χ2n) is 6.04. The van der Waals surface area contributed by atoms with E-state index >= 15 is 0 Å². The van der Waals surface area contributed by atoms with Gasteiger partial charge in [-0.1, -0.05) is 30.3 Å². The van der Waals surface area contributed by atoms with Gasteiger partial charge < -0.3 is 9.64 Å². The van der Waals surface area contributed by atoms with Gasteiger partial charge in [-0.3, -0.25) is 14.9 Å². The van der Waals surface area contributed by atoms with Gasteiger partial charge in [0.25, 0.3) is 5.91 Å². The first-order valence-corrected chi connectivity index (χ1v) is 8.14. The predicted molar refractivity (Wildman–Crippen MR) is 93.7 cm³/mol. The molecule has 0 saturated carbocycles. The molecule has 0 unspecified atom stereocenters. The van der Waals surface area contributed by atoms with Crippen molar-refractivity contribution in [3.05, 3.63) is 69.8 Å². The fraction of sp³-hybridized carbons (Fsp3) is 0.263. The summed E-state index contributed by atoms with van der Waals surface area (Å²) in [5, 5.41) is 21.1. The van der Waals surface area contributed by atoms with Crippen LogP contribution in [-0.2, 0) is 5.54 Å². The van der Waals surface area contributed by atoms with Crippen LogP contribution in [0.1, 0.15) is 28.8 Å². The molecule has 0 radical (unpaired) electrons. The third-order valence-electron chi connectivity index (χ3n) is 4.69. The average Bonchev–Trinajstić information content (AvgIpc) is 3.12. The number of carbonyl (C=O) groups excluding carboxylic acids is 1. The molecule has 1 heterocycles. The standard InChI is InChI=1S/C19H17N3O4/c1-26-17-9-8-14(12-16(17)22(24)25)18(23)21-11-5-10-19(21,13-20)15-6-3-2-4-7-15/h2-4,6-9,12H,5,10-11H2,1H3/t19-/m0/s1. The number of nitro benzene ring substituents is 1. The number of hydrogen-bond acceptors (Lipinski definition) is 5. The Morgan fingerprint density at radius 2 is 2.04 bits per heavy atom. The van der Waals surface area contributed by atoms with Crippen molar-refractivity contribution in [3.63, 3.8) is 0 Å². The first-order valence-electron chi connectivity index (χ1n) is 8.14. The lowest BCUT2D eigenvalue weighted by molar-refractivity contribution is -0.385. The van der Waals surface area contributed by atoms with Crippen molar-refractivity contribution in [3.8, 4) is 11.8 Å². The predicted octanol–water partition coefficient (Wildman–Crippen LogP) is 3.26. The summed E-state index contributed by atoms with van der Waals surface area (Å²) in [6.45, 7) is 0.418. The van der Waals surface area contributed by atoms with Gasteiger partial charge in [0.1, 0.15) is 0 Å². The molecule has 0 bridgehead atoms. The molecule has 7 nitrogen and oxygen atoms in total. The van der Waals surface area contributed by atoms with Gasteiger partial charge >= 0.3 is 5.69 Å². The number of amides is 1. The van der Waals surface area contributed by atoms with Crippen LogP contribution in [0.15, 0.2) is 48.5 Å². The van der Waals surface area contributed by atoms with Gasteiger partial charge in [-0.25, -0.2) is 0 Å². The minimum atomic E-state index is -1.06. The third-order valence-corrected chi connectivity index (χ3v) is 4.69. The number of nitriles is 1. The van der Waals surface area contributed by atoms with E-state index in [9.17, 15) is 20.2 Å². The molecule has 0 spiro atoms. The van der Waals surface area contributed by atoms with Crippen LogP contribution in [0.5, 0.6) is 5.75 Å². The first kappa shape index (κ1) is 17.4. The van der Waals surface area contributed by atoms with Gasteiger partial charge in [-0.15, -0.1) is 0 Å². The van der Waals surface area contributed by atoms with E-state index in [4.69, 9.17) is 4.74 Å². The fourth-order valence-electron chi connectivity index (χ4n) is 3.41. The molecule has 0 aromatic heterocycles. The van der Waals surface area contributed by atoms with Gasteiger partial charge in [-0.05, 0) is 30.5 Å². The number of rotatable bonds is 4. The molecule has 26 heavy (non-hydrogen) atoms. The van der Waals surface area contributed by atoms with Gasteiger partial charge in [0.05, 0.1) is 18.1 Å². The van der Waals surface area contributed by atoms with E-state index in [-0.39, 0.29) is 17.0 Å². The van der Waals surface area contributed by atoms with E-state index < -0.39 is 16.4 Å². The van der Waals surface area contributed by atoms with Crippen LogP contribution < -0.4 is 4.74 Å². The minimum Gasteiger partial charge on any atom is -0.490 e. The molecule has 1 amide bonds. The Morgan fingerprint density at radius 3 is 2.65 bits per heavy atom. The lowest BCUT2D eigenvalue weighted by Crippen LogP contribution is -2.44. The lowest BCUT2D eigenvalue weighted by Gasteiger charge is -2.33. The molecule has 0 N–H and O–H groups in total. The second-order valence-corrected chi connectivity index (χ2v) is 6.04. The summed E-state index contributed by atoms with van der Waals surface area (Å²) in [6.07, 6.45) is 1.21. The fourth-order valence-corrected chi connectivity index (χ4v) is 3.41. The van der Waals surface area contributed by atoms with E-state index in [0.717, 1.165) is 5.56 Å². The Balaban J connectivity index is 2.03. The highest BCUT2D eigenvalue weighted by atomic mass is 16.6. The molecule has 2 aromatic rings. The SMILES string of the molecule is COc1ccc(C(=O)N2CCC[C@]2(C#N)c2ccccc2)cc1[N+](=O)[O-]. The Labute approximate surface area is 150 Å². The van der Waals surface area contributed by atoms with Crippen molar-refractivity contribution in [1.82, 2.24) is 4.90 Å². The molecule has 132 valence electrons. The molecule has 1 fully saturated rings. The van der Waals surface area contributed by atoms with Gasteiger partial charge in [0.15, 0.2) is 11.3 Å². The van der Waals surface area contributed by atoms with E-state index in [1.807, 2.05) is 30.3 Å². The zero-order valence-electron chi connectivity index (χ0n) is 14.2. The molecule has 1 atom stereocenters. The van der Waals surface area contributed by atoms with Gasteiger partial charge in [0.2, 0.25) is 0 Å². The number of likely N-dealkylation sites (tertiary alicyclic amines) is 1. The summed E-state index contributed by atoms with van der Waals surface area (Å²) < 4.78 is 4.98. The van der Waals surface area contributed by atoms with Crippen LogP contribution in [-0.4, -0.2) is 29.4 Å². The maximum atomic E-state index is 13.1. The molecule has 1 saturated heterocycles. The zero-order valence-corrected chi connectivity index (χ0v) is 14.2. The van der Waals surface area contributed by atoms with Crippen molar-refractivity contribution >= 4 is 11.6 Å². The summed E-state index contributed by atoms with van der Waals surface area (Å²) in [7, 11) is 1.33. The van der Waals surface area contributed by atoms with E-state index in [0.29, 0.717) is 19.4 Å². The summed E-state index contributed by atoms with van der Waals surface area (Å²) in [5.74, 6) is -0.318. The van der Waals surface area contributed by atoms with E-state index in [1.165, 1.54) is 30.2 Å². The van der Waals surface area contributed by atoms with Gasteiger partial charge in [-0.2, -0.15) is 5.26 Å². The van der Waals surface area contributed by atoms with Gasteiger partial charge in [0, 0.05) is 18.2 Å². The molecule has 1 aliphatic heterocycles. The number of hydrogen-bond donors (Lipinski definition) is 0. The molecule has 1 aliphatic rings. The summed E-state index contributed by atoms with van der Waals surface area (Å²) >= 11 is 0. The van der Waals surface area contributed by atoms with Crippen LogP contribution in [0.25, 0.3) is 0 Å². The normalized spacial score (nSPS) is 19.0. The summed E-state index contributed by atoms with van der Waals surface area (Å²) in [5.41, 5.74) is -0.432. The summed E-state index contributed by atoms with van der Waals surface area (Å²) in [4.78, 5) is 25.2. The highest BCUT2D eigenvalue weighted by molar-refractivity contribution is 5.96. The van der Waals surface area contributed by atoms with Crippen molar-refractivity contribution in [2.45, 2.75) is 18.4 Å². The average molecular weight is 351 g/mol. The highest BCUT2D eigenvalue weighted by Crippen LogP contribution is 2.40. The lowest BCUT2D eigenvalue weighted by atomic mass is 9.88. The first-order chi connectivity index (χ1) is 12.5. The highest BCUT2D eigenvalue weighted by Gasteiger charge is 2.46. The van der Waals surface area contributed by atoms with Crippen LogP contribution in [0.3, 0.4) is 0 Å². The maximum absolute atomic E-state index is 13.1. The Hall–Kier alpha value is -3.40. The minimum absolute atomic E-state index is 0.0857. The molecule has 0 aliphatic carbocycles. The largest absolute Gasteiger partial charge is 0.490 e. The van der Waals surface area contributed by atoms with E-state index in [2.05, 4.69) is 6.07 Å². The number of nitro groups is 1. The molecule has 7 heteroatoms.